The molecule has 5 rings (SSSR count). The number of aromatic hydroxyl groups is 1. The second-order valence-electron chi connectivity index (χ2n) is 9.15. The molecule has 2 fully saturated rings. The number of rotatable bonds is 6. The Morgan fingerprint density at radius 3 is 2.35 bits per heavy atom. The van der Waals surface area contributed by atoms with Crippen LogP contribution in [0.15, 0.2) is 77.9 Å². The fraction of sp³-hybridized carbons (Fsp3) is 0.310. The Labute approximate surface area is 243 Å². The first-order valence-corrected chi connectivity index (χ1v) is 13.6. The molecule has 2 atom stereocenters. The molecule has 212 valence electrons. The van der Waals surface area contributed by atoms with Gasteiger partial charge in [-0.1, -0.05) is 41.4 Å². The number of ether oxygens (including phenoxy) is 3. The molecule has 0 radical (unpaired) electrons. The number of phenols is 1. The van der Waals surface area contributed by atoms with E-state index in [1.807, 2.05) is 37.3 Å². The Morgan fingerprint density at radius 2 is 1.75 bits per heavy atom. The largest absolute Gasteiger partial charge is 0.508 e. The Bertz CT molecular complexity index is 1250. The highest BCUT2D eigenvalue weighted by molar-refractivity contribution is 6.34. The molecule has 0 bridgehead atoms. The Balaban J connectivity index is 0.000000398. The zero-order valence-corrected chi connectivity index (χ0v) is 23.6. The summed E-state index contributed by atoms with van der Waals surface area (Å²) in [4.78, 5) is 16.3. The quantitative estimate of drug-likeness (QED) is 0.297. The monoisotopic (exact) mass is 586 g/mol. The highest BCUT2D eigenvalue weighted by Crippen LogP contribution is 2.22. The predicted molar refractivity (Wildman–Crippen MR) is 157 cm³/mol. The Morgan fingerprint density at radius 1 is 1.05 bits per heavy atom. The molecule has 2 amide bonds. The number of anilines is 1. The number of halogens is 2. The average molecular weight is 588 g/mol. The van der Waals surface area contributed by atoms with E-state index in [4.69, 9.17) is 37.4 Å². The maximum atomic E-state index is 12.3. The third-order valence-electron chi connectivity index (χ3n) is 6.14. The van der Waals surface area contributed by atoms with Crippen molar-refractivity contribution in [1.29, 1.82) is 0 Å². The van der Waals surface area contributed by atoms with Crippen LogP contribution >= 0.6 is 23.2 Å². The van der Waals surface area contributed by atoms with Gasteiger partial charge >= 0.3 is 6.03 Å². The number of benzene rings is 3. The van der Waals surface area contributed by atoms with Gasteiger partial charge in [0.15, 0.2) is 6.29 Å². The fourth-order valence-corrected chi connectivity index (χ4v) is 4.52. The second-order valence-corrected chi connectivity index (χ2v) is 10.0. The van der Waals surface area contributed by atoms with Crippen molar-refractivity contribution in [2.45, 2.75) is 19.3 Å². The van der Waals surface area contributed by atoms with Crippen molar-refractivity contribution in [2.75, 3.05) is 44.3 Å². The van der Waals surface area contributed by atoms with Crippen molar-refractivity contribution in [1.82, 2.24) is 10.3 Å². The first-order valence-electron chi connectivity index (χ1n) is 12.9. The lowest BCUT2D eigenvalue weighted by Gasteiger charge is -2.35. The van der Waals surface area contributed by atoms with E-state index in [-0.39, 0.29) is 24.2 Å². The summed E-state index contributed by atoms with van der Waals surface area (Å²) in [5.74, 6) is 0.947. The SMILES string of the molecule is CC1OCC(COc2ccc(N3CCN(C(=O)N/N=C/c4cccc(O)c4)CC3)cc2)O1.Clc1cccc(Cl)c1. The Kier molecular flexibility index (Phi) is 10.9. The molecule has 9 nitrogen and oxygen atoms in total. The molecule has 2 saturated heterocycles. The zero-order chi connectivity index (χ0) is 28.3. The summed E-state index contributed by atoms with van der Waals surface area (Å²) < 4.78 is 16.7. The van der Waals surface area contributed by atoms with Crippen LogP contribution in [0.2, 0.25) is 10.0 Å². The van der Waals surface area contributed by atoms with Gasteiger partial charge in [0.05, 0.1) is 12.8 Å². The lowest BCUT2D eigenvalue weighted by molar-refractivity contribution is -0.0486. The molecule has 40 heavy (non-hydrogen) atoms. The summed E-state index contributed by atoms with van der Waals surface area (Å²) in [6.45, 7) is 5.56. The van der Waals surface area contributed by atoms with E-state index in [1.54, 1.807) is 47.4 Å². The number of hydrogen-bond donors (Lipinski definition) is 2. The number of hydrazone groups is 1. The van der Waals surface area contributed by atoms with Crippen LogP contribution in [-0.2, 0) is 9.47 Å². The molecular weight excluding hydrogens is 555 g/mol. The number of nitrogens with one attached hydrogen (secondary N) is 1. The van der Waals surface area contributed by atoms with Crippen LogP contribution < -0.4 is 15.1 Å². The van der Waals surface area contributed by atoms with Gasteiger partial charge in [-0.3, -0.25) is 0 Å². The molecule has 0 aromatic heterocycles. The molecule has 0 saturated carbocycles. The molecule has 2 aliphatic rings. The van der Waals surface area contributed by atoms with Gasteiger partial charge in [-0.2, -0.15) is 5.10 Å². The molecule has 3 aromatic carbocycles. The van der Waals surface area contributed by atoms with E-state index in [0.29, 0.717) is 41.9 Å². The van der Waals surface area contributed by atoms with Crippen molar-refractivity contribution >= 4 is 41.1 Å². The van der Waals surface area contributed by atoms with Gasteiger partial charge < -0.3 is 29.1 Å². The summed E-state index contributed by atoms with van der Waals surface area (Å²) in [5, 5.41) is 14.8. The normalized spacial score (nSPS) is 18.8. The summed E-state index contributed by atoms with van der Waals surface area (Å²) in [5.41, 5.74) is 4.34. The molecule has 2 unspecified atom stereocenters. The fourth-order valence-electron chi connectivity index (χ4n) is 4.09. The zero-order valence-electron chi connectivity index (χ0n) is 22.1. The standard InChI is InChI=1S/C23H28N4O5.C6H4Cl2/c1-17-30-15-22(32-17)16-31-21-7-5-19(6-8-21)26-9-11-27(12-10-26)23(29)25-24-14-18-3-2-4-20(28)13-18;7-5-2-1-3-6(8)4-5/h2-8,13-14,17,22,28H,9-12,15-16H2,1H3,(H,25,29);1-4H/b24-14+;. The topological polar surface area (TPSA) is 95.9 Å². The third-order valence-corrected chi connectivity index (χ3v) is 6.61. The van der Waals surface area contributed by atoms with E-state index < -0.39 is 0 Å². The Hall–Kier alpha value is -3.50. The average Bonchev–Trinajstić information content (AvgIpc) is 3.37. The number of hydrogen-bond acceptors (Lipinski definition) is 7. The van der Waals surface area contributed by atoms with Gasteiger partial charge in [-0.15, -0.1) is 0 Å². The first-order chi connectivity index (χ1) is 19.4. The van der Waals surface area contributed by atoms with Gasteiger partial charge in [0.1, 0.15) is 24.2 Å². The van der Waals surface area contributed by atoms with E-state index in [2.05, 4.69) is 15.4 Å². The van der Waals surface area contributed by atoms with E-state index in [9.17, 15) is 9.90 Å². The predicted octanol–water partition coefficient (Wildman–Crippen LogP) is 5.39. The summed E-state index contributed by atoms with van der Waals surface area (Å²) in [6.07, 6.45) is 1.30. The highest BCUT2D eigenvalue weighted by atomic mass is 35.5. The van der Waals surface area contributed by atoms with Crippen LogP contribution in [0.25, 0.3) is 0 Å². The molecule has 0 spiro atoms. The number of piperazine rings is 1. The smallest absolute Gasteiger partial charge is 0.337 e. The number of carbonyl (C=O) groups excluding carboxylic acids is 1. The van der Waals surface area contributed by atoms with Crippen LogP contribution in [0.1, 0.15) is 12.5 Å². The van der Waals surface area contributed by atoms with Crippen molar-refractivity contribution in [3.8, 4) is 11.5 Å². The van der Waals surface area contributed by atoms with Crippen molar-refractivity contribution in [3.05, 3.63) is 88.4 Å². The van der Waals surface area contributed by atoms with Gasteiger partial charge in [0.25, 0.3) is 0 Å². The molecule has 11 heteroatoms. The minimum atomic E-state index is -0.239. The van der Waals surface area contributed by atoms with E-state index in [0.717, 1.165) is 24.5 Å². The van der Waals surface area contributed by atoms with Crippen molar-refractivity contribution in [2.24, 2.45) is 5.10 Å². The maximum absolute atomic E-state index is 12.3. The van der Waals surface area contributed by atoms with Gasteiger partial charge in [-0.25, -0.2) is 10.2 Å². The molecule has 0 aliphatic carbocycles. The van der Waals surface area contributed by atoms with Crippen molar-refractivity contribution < 1.29 is 24.1 Å². The molecule has 2 heterocycles. The highest BCUT2D eigenvalue weighted by Gasteiger charge is 2.23. The lowest BCUT2D eigenvalue weighted by atomic mass is 10.2. The molecule has 2 N–H and O–H groups in total. The number of nitrogens with zero attached hydrogens (tertiary/aromatic N) is 3. The molecule has 2 aliphatic heterocycles. The van der Waals surface area contributed by atoms with Gasteiger partial charge in [0.2, 0.25) is 0 Å². The van der Waals surface area contributed by atoms with Crippen LogP contribution in [0, 0.1) is 0 Å². The summed E-state index contributed by atoms with van der Waals surface area (Å²) in [6, 6.07) is 21.5. The molecular formula is C29H32Cl2N4O5. The van der Waals surface area contributed by atoms with Gasteiger partial charge in [0, 0.05) is 41.9 Å². The third kappa shape index (κ3) is 9.31. The minimum absolute atomic E-state index is 0.0342. The minimum Gasteiger partial charge on any atom is -0.508 e. The lowest BCUT2D eigenvalue weighted by Crippen LogP contribution is -2.51. The van der Waals surface area contributed by atoms with Crippen LogP contribution in [0.5, 0.6) is 11.5 Å². The number of carbonyl (C=O) groups is 1. The van der Waals surface area contributed by atoms with Gasteiger partial charge in [-0.05, 0) is 67.1 Å². The first kappa shape index (κ1) is 29.5. The van der Waals surface area contributed by atoms with E-state index in [1.165, 1.54) is 6.21 Å². The maximum Gasteiger partial charge on any atom is 0.337 e. The number of urea groups is 1. The summed E-state index contributed by atoms with van der Waals surface area (Å²) >= 11 is 11.1. The summed E-state index contributed by atoms with van der Waals surface area (Å²) in [7, 11) is 0. The number of amides is 2. The van der Waals surface area contributed by atoms with Crippen molar-refractivity contribution in [3.63, 3.8) is 0 Å². The second kappa shape index (κ2) is 14.8. The van der Waals surface area contributed by atoms with E-state index >= 15 is 0 Å². The van der Waals surface area contributed by atoms with Crippen LogP contribution in [-0.4, -0.2) is 74.0 Å². The number of phenolic OH excluding ortho intramolecular Hbond substituents is 1. The van der Waals surface area contributed by atoms with Crippen LogP contribution in [0.3, 0.4) is 0 Å². The molecule has 3 aromatic rings. The van der Waals surface area contributed by atoms with Crippen LogP contribution in [0.4, 0.5) is 10.5 Å².